The van der Waals surface area contributed by atoms with Crippen LogP contribution in [0.5, 0.6) is 0 Å². The van der Waals surface area contributed by atoms with Gasteiger partial charge in [0, 0.05) is 16.7 Å². The highest BCUT2D eigenvalue weighted by molar-refractivity contribution is 6.01. The number of fused-ring (bicyclic) bond motifs is 5. The van der Waals surface area contributed by atoms with E-state index in [0.717, 1.165) is 6.08 Å². The highest BCUT2D eigenvalue weighted by Gasteiger charge is 2.76. The number of carbonyl (C=O) groups excluding carboxylic acids is 1. The predicted octanol–water partition coefficient (Wildman–Crippen LogP) is 2.37. The number of aliphatic carboxylic acids is 1. The number of rotatable bonds is 1. The molecule has 0 aliphatic heterocycles. The third kappa shape index (κ3) is 1.92. The lowest BCUT2D eigenvalue weighted by molar-refractivity contribution is -0.229. The van der Waals surface area contributed by atoms with Crippen LogP contribution in [0, 0.1) is 28.6 Å². The van der Waals surface area contributed by atoms with Gasteiger partial charge in [-0.1, -0.05) is 19.9 Å². The molecule has 3 N–H and O–H groups in total. The minimum atomic E-state index is -2.26. The maximum atomic E-state index is 16.8. The molecule has 0 saturated heterocycles. The first kappa shape index (κ1) is 19.7. The van der Waals surface area contributed by atoms with E-state index in [0.29, 0.717) is 0 Å². The number of aliphatic hydroxyl groups excluding tert-OH is 1. The van der Waals surface area contributed by atoms with E-state index in [-0.39, 0.29) is 24.8 Å². The van der Waals surface area contributed by atoms with Crippen LogP contribution in [0.3, 0.4) is 0 Å². The number of allylic oxidation sites excluding steroid dienone is 4. The van der Waals surface area contributed by atoms with Crippen molar-refractivity contribution in [2.45, 2.75) is 63.6 Å². The zero-order valence-corrected chi connectivity index (χ0v) is 16.2. The first-order chi connectivity index (χ1) is 12.8. The Morgan fingerprint density at radius 1 is 1.25 bits per heavy atom. The number of carbonyl (C=O) groups is 2. The second kappa shape index (κ2) is 5.51. The smallest absolute Gasteiger partial charge is 0.336 e. The van der Waals surface area contributed by atoms with E-state index in [1.807, 2.05) is 0 Å². The van der Waals surface area contributed by atoms with Gasteiger partial charge in [0.1, 0.15) is 6.17 Å². The van der Waals surface area contributed by atoms with Crippen LogP contribution in [0.4, 0.5) is 8.78 Å². The molecule has 0 aromatic rings. The molecule has 3 fully saturated rings. The molecule has 0 bridgehead atoms. The van der Waals surface area contributed by atoms with Crippen molar-refractivity contribution in [2.75, 3.05) is 0 Å². The van der Waals surface area contributed by atoms with Crippen molar-refractivity contribution in [3.8, 4) is 0 Å². The van der Waals surface area contributed by atoms with E-state index in [1.165, 1.54) is 19.1 Å². The van der Waals surface area contributed by atoms with Crippen LogP contribution >= 0.6 is 0 Å². The molecule has 28 heavy (non-hydrogen) atoms. The summed E-state index contributed by atoms with van der Waals surface area (Å²) in [4.78, 5) is 23.7. The number of alkyl halides is 2. The number of carboxylic acid groups (broad SMARTS) is 1. The molecule has 5 nitrogen and oxygen atoms in total. The summed E-state index contributed by atoms with van der Waals surface area (Å²) in [5, 5.41) is 31.8. The van der Waals surface area contributed by atoms with E-state index in [1.54, 1.807) is 13.8 Å². The van der Waals surface area contributed by atoms with E-state index < -0.39 is 63.9 Å². The van der Waals surface area contributed by atoms with Gasteiger partial charge in [0.05, 0.1) is 6.10 Å². The first-order valence-corrected chi connectivity index (χ1v) is 9.76. The first-order valence-electron chi connectivity index (χ1n) is 9.76. The third-order valence-electron chi connectivity index (χ3n) is 8.54. The summed E-state index contributed by atoms with van der Waals surface area (Å²) < 4.78 is 31.9. The lowest BCUT2D eigenvalue weighted by Crippen LogP contribution is -2.70. The second-order valence-corrected chi connectivity index (χ2v) is 9.57. The molecule has 0 aromatic carbocycles. The van der Waals surface area contributed by atoms with Crippen LogP contribution in [-0.2, 0) is 9.59 Å². The molecule has 3 saturated carbocycles. The molecule has 1 unspecified atom stereocenters. The minimum Gasteiger partial charge on any atom is -0.479 e. The average Bonchev–Trinajstić information content (AvgIpc) is 2.81. The summed E-state index contributed by atoms with van der Waals surface area (Å²) in [7, 11) is 0. The molecule has 4 aliphatic rings. The Hall–Kier alpha value is -1.60. The molecule has 4 rings (SSSR count). The SMILES string of the molecule is C[C@@H]1C[C@H]2[C@@H]3C[C@H](F)C4=CC(=O)C=C[C@]4(C)[C@@]3(F)C(O)C[C@]2(C)[C@@]1(O)C(=O)O. The number of aliphatic hydroxyl groups is 2. The molecule has 154 valence electrons. The Balaban J connectivity index is 1.88. The fourth-order valence-electron chi connectivity index (χ4n) is 7.00. The molecule has 0 spiro atoms. The topological polar surface area (TPSA) is 94.8 Å². The van der Waals surface area contributed by atoms with E-state index in [4.69, 9.17) is 0 Å². The number of carboxylic acids is 1. The van der Waals surface area contributed by atoms with E-state index in [2.05, 4.69) is 0 Å². The predicted molar refractivity (Wildman–Crippen MR) is 95.8 cm³/mol. The van der Waals surface area contributed by atoms with Gasteiger partial charge >= 0.3 is 5.97 Å². The lowest BCUT2D eigenvalue weighted by Gasteiger charge is -2.62. The van der Waals surface area contributed by atoms with E-state index >= 15 is 8.78 Å². The van der Waals surface area contributed by atoms with Crippen LogP contribution in [-0.4, -0.2) is 50.6 Å². The van der Waals surface area contributed by atoms with Gasteiger partial charge in [-0.2, -0.15) is 0 Å². The third-order valence-corrected chi connectivity index (χ3v) is 8.54. The minimum absolute atomic E-state index is 0.0287. The van der Waals surface area contributed by atoms with Crippen LogP contribution in [0.15, 0.2) is 23.8 Å². The van der Waals surface area contributed by atoms with E-state index in [9.17, 15) is 24.9 Å². The highest BCUT2D eigenvalue weighted by atomic mass is 19.1. The van der Waals surface area contributed by atoms with Crippen molar-refractivity contribution in [3.63, 3.8) is 0 Å². The Morgan fingerprint density at radius 3 is 2.50 bits per heavy atom. The maximum Gasteiger partial charge on any atom is 0.336 e. The molecule has 9 atom stereocenters. The number of ketones is 1. The van der Waals surface area contributed by atoms with Crippen LogP contribution in [0.1, 0.15) is 40.0 Å². The summed E-state index contributed by atoms with van der Waals surface area (Å²) in [5.74, 6) is -4.07. The van der Waals surface area contributed by atoms with Crippen LogP contribution in [0.25, 0.3) is 0 Å². The van der Waals surface area contributed by atoms with Crippen molar-refractivity contribution in [3.05, 3.63) is 23.8 Å². The van der Waals surface area contributed by atoms with Crippen LogP contribution < -0.4 is 0 Å². The number of hydrogen-bond acceptors (Lipinski definition) is 4. The van der Waals surface area contributed by atoms with Gasteiger partial charge in [0.25, 0.3) is 0 Å². The molecular weight excluding hydrogens is 370 g/mol. The zero-order valence-electron chi connectivity index (χ0n) is 16.2. The van der Waals surface area contributed by atoms with Gasteiger partial charge in [-0.05, 0) is 55.7 Å². The summed E-state index contributed by atoms with van der Waals surface area (Å²) in [5.41, 5.74) is -7.14. The molecule has 4 aliphatic carbocycles. The largest absolute Gasteiger partial charge is 0.479 e. The molecule has 0 heterocycles. The second-order valence-electron chi connectivity index (χ2n) is 9.57. The van der Waals surface area contributed by atoms with Gasteiger partial charge in [-0.25, -0.2) is 13.6 Å². The van der Waals surface area contributed by atoms with Crippen molar-refractivity contribution in [1.82, 2.24) is 0 Å². The summed E-state index contributed by atoms with van der Waals surface area (Å²) in [6.07, 6.45) is 0.214. The molecular formula is C21H26F2O5. The van der Waals surface area contributed by atoms with Gasteiger partial charge in [0.15, 0.2) is 17.1 Å². The monoisotopic (exact) mass is 396 g/mol. The maximum absolute atomic E-state index is 16.8. The fraction of sp³-hybridized carbons (Fsp3) is 0.714. The quantitative estimate of drug-likeness (QED) is 0.633. The van der Waals surface area contributed by atoms with Gasteiger partial charge in [-0.3, -0.25) is 4.79 Å². The Kier molecular flexibility index (Phi) is 3.88. The summed E-state index contributed by atoms with van der Waals surface area (Å²) in [6.45, 7) is 4.67. The van der Waals surface area contributed by atoms with Gasteiger partial charge < -0.3 is 15.3 Å². The van der Waals surface area contributed by atoms with Crippen molar-refractivity contribution in [2.24, 2.45) is 28.6 Å². The number of hydrogen-bond donors (Lipinski definition) is 3. The van der Waals surface area contributed by atoms with Crippen molar-refractivity contribution >= 4 is 11.8 Å². The fourth-order valence-corrected chi connectivity index (χ4v) is 7.00. The molecule has 7 heteroatoms. The molecule has 0 aromatic heterocycles. The highest BCUT2D eigenvalue weighted by Crippen LogP contribution is 2.70. The Morgan fingerprint density at radius 2 is 1.89 bits per heavy atom. The Labute approximate surface area is 162 Å². The summed E-state index contributed by atoms with van der Waals surface area (Å²) >= 11 is 0. The van der Waals surface area contributed by atoms with Gasteiger partial charge in [-0.15, -0.1) is 0 Å². The number of halogens is 2. The Bertz CT molecular complexity index is 824. The lowest BCUT2D eigenvalue weighted by atomic mass is 9.44. The summed E-state index contributed by atoms with van der Waals surface area (Å²) in [6, 6.07) is 0. The van der Waals surface area contributed by atoms with Crippen molar-refractivity contribution in [1.29, 1.82) is 0 Å². The van der Waals surface area contributed by atoms with Crippen molar-refractivity contribution < 1.29 is 33.7 Å². The zero-order chi connectivity index (χ0) is 20.9. The standard InChI is InChI=1S/C21H26F2O5/c1-10-6-12-13-8-15(22)14-7-11(24)4-5-18(14,2)20(13,23)16(25)9-19(12,3)21(10,28)17(26)27/h4-5,7,10,12-13,15-16,25,28H,6,8-9H2,1-3H3,(H,26,27)/t10-,12+,13+,15+,16?,18+,19+,20+,21+/m1/s1. The average molecular weight is 396 g/mol. The molecule has 0 amide bonds. The van der Waals surface area contributed by atoms with Gasteiger partial charge in [0.2, 0.25) is 0 Å². The molecule has 0 radical (unpaired) electrons. The van der Waals surface area contributed by atoms with Crippen LogP contribution in [0.2, 0.25) is 0 Å². The normalized spacial score (nSPS) is 55.2.